The summed E-state index contributed by atoms with van der Waals surface area (Å²) in [4.78, 5) is 17.0. The highest BCUT2D eigenvalue weighted by molar-refractivity contribution is 7.99. The van der Waals surface area contributed by atoms with Gasteiger partial charge in [0.05, 0.1) is 18.0 Å². The Morgan fingerprint density at radius 3 is 2.55 bits per heavy atom. The number of benzene rings is 2. The molecule has 0 saturated heterocycles. The zero-order chi connectivity index (χ0) is 21.6. The number of hydrogen-bond donors (Lipinski definition) is 0. The van der Waals surface area contributed by atoms with Crippen LogP contribution in [0.5, 0.6) is 5.75 Å². The predicted molar refractivity (Wildman–Crippen MR) is 122 cm³/mol. The molecule has 2 aromatic carbocycles. The van der Waals surface area contributed by atoms with Crippen LogP contribution in [0, 0.1) is 6.92 Å². The van der Waals surface area contributed by atoms with E-state index in [-0.39, 0.29) is 11.5 Å². The third-order valence-corrected chi connectivity index (χ3v) is 5.66. The van der Waals surface area contributed by atoms with Crippen molar-refractivity contribution in [3.63, 3.8) is 0 Å². The summed E-state index contributed by atoms with van der Waals surface area (Å²) < 4.78 is 7.44. The van der Waals surface area contributed by atoms with E-state index >= 15 is 0 Å². The summed E-state index contributed by atoms with van der Waals surface area (Å²) in [6.45, 7) is 4.57. The minimum Gasteiger partial charge on any atom is -0.494 e. The van der Waals surface area contributed by atoms with Gasteiger partial charge in [0.2, 0.25) is 0 Å². The van der Waals surface area contributed by atoms with Crippen molar-refractivity contribution in [2.75, 3.05) is 12.4 Å². The Morgan fingerprint density at radius 2 is 1.84 bits per heavy atom. The van der Waals surface area contributed by atoms with E-state index in [4.69, 9.17) is 4.74 Å². The van der Waals surface area contributed by atoms with Gasteiger partial charge in [0.15, 0.2) is 16.8 Å². The Bertz CT molecular complexity index is 1170. The summed E-state index contributed by atoms with van der Waals surface area (Å²) >= 11 is 1.37. The van der Waals surface area contributed by atoms with Crippen LogP contribution in [0.15, 0.2) is 78.2 Å². The average molecular weight is 431 g/mol. The maximum absolute atomic E-state index is 12.7. The van der Waals surface area contributed by atoms with Crippen LogP contribution in [-0.2, 0) is 0 Å². The topological polar surface area (TPSA) is 69.9 Å². The normalized spacial score (nSPS) is 10.8. The van der Waals surface area contributed by atoms with E-state index in [9.17, 15) is 4.79 Å². The fraction of sp³-hybridized carbons (Fsp3) is 0.167. The molecule has 0 N–H and O–H groups in total. The van der Waals surface area contributed by atoms with Gasteiger partial charge >= 0.3 is 0 Å². The lowest BCUT2D eigenvalue weighted by atomic mass is 10.1. The Hall–Kier alpha value is -3.45. The van der Waals surface area contributed by atoms with Crippen molar-refractivity contribution in [2.24, 2.45) is 0 Å². The second-order valence-electron chi connectivity index (χ2n) is 6.84. The van der Waals surface area contributed by atoms with Gasteiger partial charge in [0.1, 0.15) is 5.75 Å². The minimum absolute atomic E-state index is 0.0234. The Kier molecular flexibility index (Phi) is 6.43. The predicted octanol–water partition coefficient (Wildman–Crippen LogP) is 5.01. The highest BCUT2D eigenvalue weighted by Gasteiger charge is 2.19. The molecule has 6 nitrogen and oxygen atoms in total. The molecule has 0 aliphatic heterocycles. The van der Waals surface area contributed by atoms with Crippen LogP contribution in [0.2, 0.25) is 0 Å². The van der Waals surface area contributed by atoms with Crippen LogP contribution in [-0.4, -0.2) is 37.9 Å². The number of para-hydroxylation sites is 1. The number of carbonyl (C=O) groups excluding carboxylic acids is 1. The number of aromatic nitrogens is 4. The number of nitrogens with zero attached hydrogens (tertiary/aromatic N) is 4. The van der Waals surface area contributed by atoms with Crippen molar-refractivity contribution in [1.29, 1.82) is 0 Å². The molecule has 7 heteroatoms. The fourth-order valence-corrected chi connectivity index (χ4v) is 4.03. The first kappa shape index (κ1) is 20.8. The van der Waals surface area contributed by atoms with E-state index in [1.807, 2.05) is 66.9 Å². The van der Waals surface area contributed by atoms with Crippen LogP contribution in [0.3, 0.4) is 0 Å². The van der Waals surface area contributed by atoms with Crippen molar-refractivity contribution in [2.45, 2.75) is 19.0 Å². The van der Waals surface area contributed by atoms with Gasteiger partial charge in [0.25, 0.3) is 0 Å². The SMILES string of the molecule is CCOc1ccc(C(=O)CSc2nnc(-c3cccnc3)n2-c2ccccc2C)cc1. The molecule has 0 aliphatic rings. The molecule has 0 radical (unpaired) electrons. The van der Waals surface area contributed by atoms with E-state index in [1.165, 1.54) is 11.8 Å². The molecule has 2 heterocycles. The number of rotatable bonds is 8. The Labute approximate surface area is 185 Å². The highest BCUT2D eigenvalue weighted by atomic mass is 32.2. The molecule has 0 fully saturated rings. The molecule has 0 atom stereocenters. The van der Waals surface area contributed by atoms with Gasteiger partial charge < -0.3 is 4.74 Å². The van der Waals surface area contributed by atoms with Crippen LogP contribution in [0.1, 0.15) is 22.8 Å². The number of hydrogen-bond acceptors (Lipinski definition) is 6. The number of carbonyl (C=O) groups is 1. The average Bonchev–Trinajstić information content (AvgIpc) is 3.23. The molecule has 0 aliphatic carbocycles. The second-order valence-corrected chi connectivity index (χ2v) is 7.78. The molecular weight excluding hydrogens is 408 g/mol. The van der Waals surface area contributed by atoms with Crippen LogP contribution in [0.25, 0.3) is 17.1 Å². The van der Waals surface area contributed by atoms with E-state index in [1.54, 1.807) is 24.5 Å². The van der Waals surface area contributed by atoms with Gasteiger partial charge in [-0.05, 0) is 61.9 Å². The molecular formula is C24H22N4O2S. The minimum atomic E-state index is 0.0234. The maximum Gasteiger partial charge on any atom is 0.196 e. The summed E-state index contributed by atoms with van der Waals surface area (Å²) in [6.07, 6.45) is 3.49. The van der Waals surface area contributed by atoms with E-state index in [2.05, 4.69) is 15.2 Å². The standard InChI is InChI=1S/C24H22N4O2S/c1-3-30-20-12-10-18(11-13-20)22(29)16-31-24-27-26-23(19-8-6-14-25-15-19)28(24)21-9-5-4-7-17(21)2/h4-15H,3,16H2,1-2H3. The zero-order valence-corrected chi connectivity index (χ0v) is 18.2. The van der Waals surface area contributed by atoms with Gasteiger partial charge in [-0.2, -0.15) is 0 Å². The smallest absolute Gasteiger partial charge is 0.196 e. The lowest BCUT2D eigenvalue weighted by Crippen LogP contribution is -2.06. The Balaban J connectivity index is 1.62. The lowest BCUT2D eigenvalue weighted by Gasteiger charge is -2.12. The molecule has 0 spiro atoms. The van der Waals surface area contributed by atoms with E-state index in [0.717, 1.165) is 22.6 Å². The van der Waals surface area contributed by atoms with Crippen molar-refractivity contribution in [3.8, 4) is 22.8 Å². The van der Waals surface area contributed by atoms with E-state index in [0.29, 0.717) is 23.2 Å². The first-order valence-corrected chi connectivity index (χ1v) is 11.0. The van der Waals surface area contributed by atoms with Crippen molar-refractivity contribution in [1.82, 2.24) is 19.7 Å². The van der Waals surface area contributed by atoms with Crippen LogP contribution in [0.4, 0.5) is 0 Å². The summed E-state index contributed by atoms with van der Waals surface area (Å²) in [5, 5.41) is 9.46. The first-order valence-electron chi connectivity index (χ1n) is 9.98. The maximum atomic E-state index is 12.7. The molecule has 0 amide bonds. The number of Topliss-reactive ketones (excluding diaryl/α,β-unsaturated/α-hetero) is 1. The second kappa shape index (κ2) is 9.57. The third-order valence-electron chi connectivity index (χ3n) is 4.73. The number of ether oxygens (including phenoxy) is 1. The molecule has 4 aromatic rings. The van der Waals surface area contributed by atoms with Crippen LogP contribution < -0.4 is 4.74 Å². The summed E-state index contributed by atoms with van der Waals surface area (Å²) in [5.74, 6) is 1.73. The van der Waals surface area contributed by atoms with Gasteiger partial charge in [-0.25, -0.2) is 0 Å². The van der Waals surface area contributed by atoms with Gasteiger partial charge in [-0.1, -0.05) is 30.0 Å². The molecule has 4 rings (SSSR count). The quantitative estimate of drug-likeness (QED) is 0.289. The molecule has 31 heavy (non-hydrogen) atoms. The van der Waals surface area contributed by atoms with Crippen molar-refractivity contribution >= 4 is 17.5 Å². The molecule has 2 aromatic heterocycles. The van der Waals surface area contributed by atoms with Gasteiger partial charge in [-0.3, -0.25) is 14.3 Å². The number of thioether (sulfide) groups is 1. The largest absolute Gasteiger partial charge is 0.494 e. The number of pyridine rings is 1. The number of ketones is 1. The first-order chi connectivity index (χ1) is 15.2. The van der Waals surface area contributed by atoms with Crippen LogP contribution >= 0.6 is 11.8 Å². The third kappa shape index (κ3) is 4.67. The zero-order valence-electron chi connectivity index (χ0n) is 17.4. The van der Waals surface area contributed by atoms with Gasteiger partial charge in [0, 0.05) is 23.5 Å². The van der Waals surface area contributed by atoms with Gasteiger partial charge in [-0.15, -0.1) is 10.2 Å². The molecule has 0 unspecified atom stereocenters. The number of aryl methyl sites for hydroxylation is 1. The highest BCUT2D eigenvalue weighted by Crippen LogP contribution is 2.29. The molecule has 0 bridgehead atoms. The monoisotopic (exact) mass is 430 g/mol. The summed E-state index contributed by atoms with van der Waals surface area (Å²) in [5.41, 5.74) is 3.57. The summed E-state index contributed by atoms with van der Waals surface area (Å²) in [6, 6.07) is 19.1. The molecule has 156 valence electrons. The van der Waals surface area contributed by atoms with Crippen molar-refractivity contribution < 1.29 is 9.53 Å². The van der Waals surface area contributed by atoms with E-state index < -0.39 is 0 Å². The fourth-order valence-electron chi connectivity index (χ4n) is 3.19. The Morgan fingerprint density at radius 1 is 1.03 bits per heavy atom. The molecule has 0 saturated carbocycles. The lowest BCUT2D eigenvalue weighted by molar-refractivity contribution is 0.102. The summed E-state index contributed by atoms with van der Waals surface area (Å²) in [7, 11) is 0. The van der Waals surface area contributed by atoms with Crippen molar-refractivity contribution in [3.05, 3.63) is 84.2 Å².